The van der Waals surface area contributed by atoms with Gasteiger partial charge in [0.1, 0.15) is 0 Å². The Morgan fingerprint density at radius 3 is 2.60 bits per heavy atom. The third kappa shape index (κ3) is 4.26. The van der Waals surface area contributed by atoms with Crippen LogP contribution in [-0.2, 0) is 0 Å². The number of rotatable bonds is 4. The van der Waals surface area contributed by atoms with Crippen LogP contribution in [0.4, 0.5) is 5.95 Å². The fraction of sp³-hybridized carbons (Fsp3) is 0.625. The van der Waals surface area contributed by atoms with Crippen molar-refractivity contribution in [2.24, 2.45) is 5.73 Å². The van der Waals surface area contributed by atoms with Gasteiger partial charge in [-0.15, -0.1) is 0 Å². The number of nitrogens with zero attached hydrogens (tertiary/aromatic N) is 3. The molecular weight excluding hydrogens is 218 g/mol. The first-order valence-electron chi connectivity index (χ1n) is 4.39. The highest BCUT2D eigenvalue weighted by Crippen LogP contribution is 2.11. The average molecular weight is 232 g/mol. The SMILES string of the molecule is COc1nc(Cl)nc(NCC(C)(C)N)n1. The molecule has 0 atom stereocenters. The van der Waals surface area contributed by atoms with Gasteiger partial charge in [0, 0.05) is 12.1 Å². The Bertz CT molecular complexity index is 338. The van der Waals surface area contributed by atoms with Gasteiger partial charge < -0.3 is 15.8 Å². The van der Waals surface area contributed by atoms with Crippen LogP contribution in [0.3, 0.4) is 0 Å². The molecule has 6 nitrogen and oxygen atoms in total. The molecule has 0 saturated carbocycles. The molecule has 0 aliphatic rings. The monoisotopic (exact) mass is 231 g/mol. The zero-order chi connectivity index (χ0) is 11.5. The van der Waals surface area contributed by atoms with E-state index < -0.39 is 0 Å². The summed E-state index contributed by atoms with van der Waals surface area (Å²) in [6, 6.07) is 0.173. The molecular formula is C8H14ClN5O. The van der Waals surface area contributed by atoms with Crippen LogP contribution in [0.5, 0.6) is 6.01 Å². The number of anilines is 1. The van der Waals surface area contributed by atoms with Crippen molar-refractivity contribution in [3.8, 4) is 6.01 Å². The highest BCUT2D eigenvalue weighted by atomic mass is 35.5. The van der Waals surface area contributed by atoms with Crippen LogP contribution >= 0.6 is 11.6 Å². The van der Waals surface area contributed by atoms with Crippen molar-refractivity contribution in [1.82, 2.24) is 15.0 Å². The van der Waals surface area contributed by atoms with Crippen LogP contribution in [0.2, 0.25) is 5.28 Å². The van der Waals surface area contributed by atoms with Crippen molar-refractivity contribution in [3.63, 3.8) is 0 Å². The minimum Gasteiger partial charge on any atom is -0.467 e. The van der Waals surface area contributed by atoms with Crippen molar-refractivity contribution in [1.29, 1.82) is 0 Å². The lowest BCUT2D eigenvalue weighted by Gasteiger charge is -2.18. The maximum atomic E-state index is 5.79. The van der Waals surface area contributed by atoms with E-state index in [1.165, 1.54) is 7.11 Å². The lowest BCUT2D eigenvalue weighted by Crippen LogP contribution is -2.40. The van der Waals surface area contributed by atoms with Gasteiger partial charge in [-0.3, -0.25) is 0 Å². The summed E-state index contributed by atoms with van der Waals surface area (Å²) in [4.78, 5) is 11.6. The zero-order valence-corrected chi connectivity index (χ0v) is 9.67. The number of ether oxygens (including phenoxy) is 1. The molecule has 0 radical (unpaired) electrons. The minimum atomic E-state index is -0.355. The molecule has 0 aliphatic carbocycles. The van der Waals surface area contributed by atoms with E-state index in [1.54, 1.807) is 0 Å². The highest BCUT2D eigenvalue weighted by Gasteiger charge is 2.12. The lowest BCUT2D eigenvalue weighted by atomic mass is 10.1. The van der Waals surface area contributed by atoms with E-state index in [-0.39, 0.29) is 16.8 Å². The van der Waals surface area contributed by atoms with Crippen LogP contribution in [0.1, 0.15) is 13.8 Å². The van der Waals surface area contributed by atoms with Crippen LogP contribution in [0, 0.1) is 0 Å². The standard InChI is InChI=1S/C8H14ClN5O/c1-8(2,10)4-11-6-12-5(9)13-7(14-6)15-3/h4,10H2,1-3H3,(H,11,12,13,14). The third-order valence-electron chi connectivity index (χ3n) is 1.47. The second kappa shape index (κ2) is 4.59. The molecule has 1 heterocycles. The van der Waals surface area contributed by atoms with Crippen LogP contribution in [0.25, 0.3) is 0 Å². The first-order valence-corrected chi connectivity index (χ1v) is 4.77. The van der Waals surface area contributed by atoms with Gasteiger partial charge in [0.05, 0.1) is 7.11 Å². The molecule has 84 valence electrons. The van der Waals surface area contributed by atoms with E-state index in [0.29, 0.717) is 12.5 Å². The summed E-state index contributed by atoms with van der Waals surface area (Å²) in [6.45, 7) is 4.30. The molecule has 0 saturated heterocycles. The van der Waals surface area contributed by atoms with Gasteiger partial charge in [-0.2, -0.15) is 15.0 Å². The average Bonchev–Trinajstić information content (AvgIpc) is 2.13. The third-order valence-corrected chi connectivity index (χ3v) is 1.64. The summed E-state index contributed by atoms with van der Waals surface area (Å²) in [6.07, 6.45) is 0. The highest BCUT2D eigenvalue weighted by molar-refractivity contribution is 6.28. The van der Waals surface area contributed by atoms with Crippen molar-refractivity contribution in [2.45, 2.75) is 19.4 Å². The van der Waals surface area contributed by atoms with Gasteiger partial charge >= 0.3 is 6.01 Å². The lowest BCUT2D eigenvalue weighted by molar-refractivity contribution is 0.378. The molecule has 1 aromatic heterocycles. The van der Waals surface area contributed by atoms with Gasteiger partial charge in [-0.25, -0.2) is 0 Å². The normalized spacial score (nSPS) is 11.3. The Labute approximate surface area is 93.2 Å². The summed E-state index contributed by atoms with van der Waals surface area (Å²) in [5.74, 6) is 0.352. The fourth-order valence-corrected chi connectivity index (χ4v) is 0.961. The molecule has 1 rings (SSSR count). The van der Waals surface area contributed by atoms with Gasteiger partial charge in [0.15, 0.2) is 0 Å². The molecule has 0 bridgehead atoms. The molecule has 7 heteroatoms. The van der Waals surface area contributed by atoms with Crippen LogP contribution in [0.15, 0.2) is 0 Å². The first kappa shape index (κ1) is 11.9. The summed E-state index contributed by atoms with van der Waals surface area (Å²) < 4.78 is 4.85. The van der Waals surface area contributed by atoms with Gasteiger partial charge in [-0.1, -0.05) is 0 Å². The van der Waals surface area contributed by atoms with Crippen molar-refractivity contribution in [3.05, 3.63) is 5.28 Å². The Balaban J connectivity index is 2.73. The zero-order valence-electron chi connectivity index (χ0n) is 8.91. The van der Waals surface area contributed by atoms with Crippen molar-refractivity contribution < 1.29 is 4.74 Å². The van der Waals surface area contributed by atoms with E-state index in [0.717, 1.165) is 0 Å². The maximum absolute atomic E-state index is 5.79. The number of nitrogens with one attached hydrogen (secondary N) is 1. The molecule has 0 aliphatic heterocycles. The van der Waals surface area contributed by atoms with Crippen LogP contribution < -0.4 is 15.8 Å². The van der Waals surface area contributed by atoms with E-state index >= 15 is 0 Å². The van der Waals surface area contributed by atoms with E-state index in [4.69, 9.17) is 22.1 Å². The summed E-state index contributed by atoms with van der Waals surface area (Å²) in [5.41, 5.74) is 5.44. The van der Waals surface area contributed by atoms with E-state index in [9.17, 15) is 0 Å². The predicted octanol–water partition coefficient (Wildman–Crippen LogP) is 0.683. The first-order chi connectivity index (χ1) is 6.90. The number of methoxy groups -OCH3 is 1. The molecule has 3 N–H and O–H groups in total. The molecule has 0 spiro atoms. The second-order valence-corrected chi connectivity index (χ2v) is 4.09. The Kier molecular flexibility index (Phi) is 3.65. The van der Waals surface area contributed by atoms with Gasteiger partial charge in [-0.05, 0) is 25.4 Å². The van der Waals surface area contributed by atoms with Gasteiger partial charge in [0.25, 0.3) is 0 Å². The molecule has 1 aromatic rings. The topological polar surface area (TPSA) is 86.0 Å². The van der Waals surface area contributed by atoms with Crippen molar-refractivity contribution >= 4 is 17.5 Å². The molecule has 0 unspecified atom stereocenters. The van der Waals surface area contributed by atoms with E-state index in [1.807, 2.05) is 13.8 Å². The molecule has 0 aromatic carbocycles. The number of hydrogen-bond acceptors (Lipinski definition) is 6. The quantitative estimate of drug-likeness (QED) is 0.793. The van der Waals surface area contributed by atoms with Crippen molar-refractivity contribution in [2.75, 3.05) is 19.0 Å². The Morgan fingerprint density at radius 2 is 2.07 bits per heavy atom. The molecule has 0 amide bonds. The number of halogens is 1. The number of nitrogens with two attached hydrogens (primary N) is 1. The summed E-state index contributed by atoms with van der Waals surface area (Å²) in [5, 5.41) is 3.03. The number of hydrogen-bond donors (Lipinski definition) is 2. The smallest absolute Gasteiger partial charge is 0.322 e. The molecule has 15 heavy (non-hydrogen) atoms. The minimum absolute atomic E-state index is 0.0826. The fourth-order valence-electron chi connectivity index (χ4n) is 0.809. The number of aromatic nitrogens is 3. The Hall–Kier alpha value is -1.14. The van der Waals surface area contributed by atoms with Crippen LogP contribution in [-0.4, -0.2) is 34.1 Å². The summed E-state index contributed by atoms with van der Waals surface area (Å²) >= 11 is 5.67. The Morgan fingerprint density at radius 1 is 1.40 bits per heavy atom. The second-order valence-electron chi connectivity index (χ2n) is 3.76. The molecule has 0 fully saturated rings. The van der Waals surface area contributed by atoms with E-state index in [2.05, 4.69) is 20.3 Å². The predicted molar refractivity (Wildman–Crippen MR) is 58.1 cm³/mol. The van der Waals surface area contributed by atoms with Gasteiger partial charge in [0.2, 0.25) is 11.2 Å². The largest absolute Gasteiger partial charge is 0.467 e. The maximum Gasteiger partial charge on any atom is 0.322 e. The summed E-state index contributed by atoms with van der Waals surface area (Å²) in [7, 11) is 1.46.